The topological polar surface area (TPSA) is 33.1 Å². The van der Waals surface area contributed by atoms with Crippen LogP contribution in [0.25, 0.3) is 0 Å². The largest absolute Gasteiger partial charge is 0.382 e. The van der Waals surface area contributed by atoms with Crippen LogP contribution in [0.1, 0.15) is 34.1 Å². The van der Waals surface area contributed by atoms with Crippen LogP contribution < -0.4 is 0 Å². The molecule has 1 atom stereocenters. The van der Waals surface area contributed by atoms with Gasteiger partial charge in [0.2, 0.25) is 0 Å². The van der Waals surface area contributed by atoms with E-state index >= 15 is 0 Å². The third kappa shape index (κ3) is 2.53. The van der Waals surface area contributed by atoms with Crippen LogP contribution >= 0.6 is 0 Å². The van der Waals surface area contributed by atoms with E-state index in [1.807, 2.05) is 51.1 Å². The van der Waals surface area contributed by atoms with Gasteiger partial charge in [-0.25, -0.2) is 0 Å². The van der Waals surface area contributed by atoms with Crippen LogP contribution in [0.4, 0.5) is 0 Å². The molecule has 1 aromatic heterocycles. The highest BCUT2D eigenvalue weighted by Crippen LogP contribution is 2.23. The fourth-order valence-corrected chi connectivity index (χ4v) is 1.92. The first-order chi connectivity index (χ1) is 8.08. The van der Waals surface area contributed by atoms with Crippen molar-refractivity contribution >= 4 is 0 Å². The van der Waals surface area contributed by atoms with E-state index in [0.29, 0.717) is 0 Å². The minimum Gasteiger partial charge on any atom is -0.382 e. The van der Waals surface area contributed by atoms with E-state index < -0.39 is 6.10 Å². The molecular formula is C15H17NO. The third-order valence-corrected chi connectivity index (χ3v) is 2.91. The summed E-state index contributed by atoms with van der Waals surface area (Å²) in [6.07, 6.45) is 1.15. The van der Waals surface area contributed by atoms with Gasteiger partial charge in [0.25, 0.3) is 0 Å². The van der Waals surface area contributed by atoms with Crippen molar-refractivity contribution in [2.45, 2.75) is 26.9 Å². The molecule has 2 nitrogen and oxygen atoms in total. The van der Waals surface area contributed by atoms with Gasteiger partial charge in [0.1, 0.15) is 6.10 Å². The molecule has 88 valence electrons. The Hall–Kier alpha value is -1.67. The third-order valence-electron chi connectivity index (χ3n) is 2.91. The molecule has 0 aliphatic rings. The Kier molecular flexibility index (Phi) is 3.25. The second-order valence-electron chi connectivity index (χ2n) is 4.53. The molecule has 0 amide bonds. The molecule has 0 radical (unpaired) electrons. The SMILES string of the molecule is Cc1ccc(C(O)c2ncc(C)cc2C)cc1. The molecule has 1 N–H and O–H groups in total. The molecule has 2 heteroatoms. The maximum Gasteiger partial charge on any atom is 0.121 e. The van der Waals surface area contributed by atoms with Gasteiger partial charge in [0, 0.05) is 6.20 Å². The summed E-state index contributed by atoms with van der Waals surface area (Å²) in [6.45, 7) is 6.01. The van der Waals surface area contributed by atoms with Crippen LogP contribution in [0, 0.1) is 20.8 Å². The maximum absolute atomic E-state index is 10.3. The number of aryl methyl sites for hydroxylation is 3. The van der Waals surface area contributed by atoms with E-state index in [-0.39, 0.29) is 0 Å². The van der Waals surface area contributed by atoms with Crippen molar-refractivity contribution < 1.29 is 5.11 Å². The second kappa shape index (κ2) is 4.68. The average molecular weight is 227 g/mol. The normalized spacial score (nSPS) is 12.5. The minimum absolute atomic E-state index is 0.642. The monoisotopic (exact) mass is 227 g/mol. The van der Waals surface area contributed by atoms with Crippen molar-refractivity contribution in [1.29, 1.82) is 0 Å². The summed E-state index contributed by atoms with van der Waals surface area (Å²) in [7, 11) is 0. The molecule has 1 unspecified atom stereocenters. The molecule has 0 spiro atoms. The summed E-state index contributed by atoms with van der Waals surface area (Å²) in [5.41, 5.74) is 4.95. The summed E-state index contributed by atoms with van der Waals surface area (Å²) in [5, 5.41) is 10.3. The summed E-state index contributed by atoms with van der Waals surface area (Å²) in [6, 6.07) is 9.94. The lowest BCUT2D eigenvalue weighted by Crippen LogP contribution is -2.05. The van der Waals surface area contributed by atoms with Gasteiger partial charge in [0.05, 0.1) is 5.69 Å². The molecule has 0 bridgehead atoms. The Labute approximate surface area is 102 Å². The first-order valence-corrected chi connectivity index (χ1v) is 5.75. The summed E-state index contributed by atoms with van der Waals surface area (Å²) >= 11 is 0. The lowest BCUT2D eigenvalue weighted by molar-refractivity contribution is 0.214. The molecule has 0 saturated heterocycles. The van der Waals surface area contributed by atoms with E-state index in [9.17, 15) is 5.11 Å². The molecule has 0 saturated carbocycles. The number of aliphatic hydroxyl groups excluding tert-OH is 1. The van der Waals surface area contributed by atoms with E-state index in [4.69, 9.17) is 0 Å². The zero-order valence-electron chi connectivity index (χ0n) is 10.4. The van der Waals surface area contributed by atoms with Crippen molar-refractivity contribution in [3.05, 3.63) is 64.5 Å². The lowest BCUT2D eigenvalue weighted by Gasteiger charge is -2.13. The van der Waals surface area contributed by atoms with Crippen LogP contribution in [0.5, 0.6) is 0 Å². The van der Waals surface area contributed by atoms with Crippen molar-refractivity contribution in [2.24, 2.45) is 0 Å². The van der Waals surface area contributed by atoms with Crippen LogP contribution in [0.2, 0.25) is 0 Å². The zero-order chi connectivity index (χ0) is 12.4. The predicted molar refractivity (Wildman–Crippen MR) is 69.0 cm³/mol. The van der Waals surface area contributed by atoms with Gasteiger partial charge in [-0.1, -0.05) is 35.9 Å². The molecule has 1 aromatic carbocycles. The molecular weight excluding hydrogens is 210 g/mol. The zero-order valence-corrected chi connectivity index (χ0v) is 10.4. The van der Waals surface area contributed by atoms with Gasteiger partial charge in [-0.3, -0.25) is 4.98 Å². The van der Waals surface area contributed by atoms with Crippen molar-refractivity contribution in [3.63, 3.8) is 0 Å². The number of hydrogen-bond acceptors (Lipinski definition) is 2. The van der Waals surface area contributed by atoms with E-state index in [1.165, 1.54) is 5.56 Å². The van der Waals surface area contributed by atoms with Gasteiger partial charge in [-0.2, -0.15) is 0 Å². The van der Waals surface area contributed by atoms with Gasteiger partial charge in [0.15, 0.2) is 0 Å². The number of nitrogens with zero attached hydrogens (tertiary/aromatic N) is 1. The highest BCUT2D eigenvalue weighted by molar-refractivity contribution is 5.33. The summed E-state index contributed by atoms with van der Waals surface area (Å²) < 4.78 is 0. The van der Waals surface area contributed by atoms with Crippen LogP contribution in [0.15, 0.2) is 36.5 Å². The van der Waals surface area contributed by atoms with E-state index in [0.717, 1.165) is 22.4 Å². The standard InChI is InChI=1S/C15H17NO/c1-10-4-6-13(7-5-10)15(17)14-12(3)8-11(2)9-16-14/h4-9,15,17H,1-3H3. The summed E-state index contributed by atoms with van der Waals surface area (Å²) in [5.74, 6) is 0. The molecule has 2 aromatic rings. The van der Waals surface area contributed by atoms with Gasteiger partial charge >= 0.3 is 0 Å². The van der Waals surface area contributed by atoms with Gasteiger partial charge < -0.3 is 5.11 Å². The number of hydrogen-bond donors (Lipinski definition) is 1. The van der Waals surface area contributed by atoms with Crippen molar-refractivity contribution in [1.82, 2.24) is 4.98 Å². The summed E-state index contributed by atoms with van der Waals surface area (Å²) in [4.78, 5) is 4.33. The number of aliphatic hydroxyl groups is 1. The number of aromatic nitrogens is 1. The predicted octanol–water partition coefficient (Wildman–Crippen LogP) is 3.09. The number of pyridine rings is 1. The van der Waals surface area contributed by atoms with Crippen molar-refractivity contribution in [2.75, 3.05) is 0 Å². The van der Waals surface area contributed by atoms with Gasteiger partial charge in [-0.15, -0.1) is 0 Å². The molecule has 17 heavy (non-hydrogen) atoms. The van der Waals surface area contributed by atoms with Crippen LogP contribution in [-0.2, 0) is 0 Å². The van der Waals surface area contributed by atoms with Crippen molar-refractivity contribution in [3.8, 4) is 0 Å². The maximum atomic E-state index is 10.3. The Bertz CT molecular complexity index is 517. The smallest absolute Gasteiger partial charge is 0.121 e. The number of benzene rings is 1. The van der Waals surface area contributed by atoms with E-state index in [2.05, 4.69) is 4.98 Å². The molecule has 1 heterocycles. The lowest BCUT2D eigenvalue weighted by atomic mass is 10.0. The van der Waals surface area contributed by atoms with Gasteiger partial charge in [-0.05, 0) is 37.5 Å². The fraction of sp³-hybridized carbons (Fsp3) is 0.267. The van der Waals surface area contributed by atoms with Crippen LogP contribution in [-0.4, -0.2) is 10.1 Å². The second-order valence-corrected chi connectivity index (χ2v) is 4.53. The highest BCUT2D eigenvalue weighted by Gasteiger charge is 2.14. The number of rotatable bonds is 2. The minimum atomic E-state index is -0.642. The fourth-order valence-electron chi connectivity index (χ4n) is 1.92. The molecule has 0 aliphatic carbocycles. The Morgan fingerprint density at radius 3 is 2.24 bits per heavy atom. The Balaban J connectivity index is 2.36. The highest BCUT2D eigenvalue weighted by atomic mass is 16.3. The molecule has 0 aliphatic heterocycles. The Morgan fingerprint density at radius 2 is 1.65 bits per heavy atom. The Morgan fingerprint density at radius 1 is 1.00 bits per heavy atom. The molecule has 0 fully saturated rings. The molecule has 2 rings (SSSR count). The quantitative estimate of drug-likeness (QED) is 0.855. The average Bonchev–Trinajstić information content (AvgIpc) is 2.29. The van der Waals surface area contributed by atoms with E-state index in [1.54, 1.807) is 6.20 Å². The first-order valence-electron chi connectivity index (χ1n) is 5.75. The van der Waals surface area contributed by atoms with Crippen LogP contribution in [0.3, 0.4) is 0 Å². The first kappa shape index (κ1) is 11.8.